The van der Waals surface area contributed by atoms with Crippen LogP contribution in [-0.2, 0) is 56.8 Å². The van der Waals surface area contributed by atoms with Crippen LogP contribution in [0.1, 0.15) is 46.4 Å². The van der Waals surface area contributed by atoms with Crippen molar-refractivity contribution >= 4 is 11.8 Å². The molecule has 2 amide bonds. The summed E-state index contributed by atoms with van der Waals surface area (Å²) in [4.78, 5) is 26.3. The van der Waals surface area contributed by atoms with E-state index >= 15 is 0 Å². The molecule has 0 bridgehead atoms. The molecule has 0 aliphatic heterocycles. The van der Waals surface area contributed by atoms with Gasteiger partial charge in [0.25, 0.3) is 11.8 Å². The van der Waals surface area contributed by atoms with Gasteiger partial charge in [0.05, 0.1) is 145 Å². The smallest absolute Gasteiger partial charge is 0.251 e. The van der Waals surface area contributed by atoms with E-state index in [9.17, 15) is 9.59 Å². The van der Waals surface area contributed by atoms with Crippen LogP contribution in [0.4, 0.5) is 0 Å². The molecule has 0 atom stereocenters. The second-order valence-corrected chi connectivity index (χ2v) is 16.7. The zero-order valence-electron chi connectivity index (χ0n) is 46.6. The maximum atomic E-state index is 13.1. The lowest BCUT2D eigenvalue weighted by Gasteiger charge is -2.15. The van der Waals surface area contributed by atoms with Crippen LogP contribution in [0.3, 0.4) is 0 Å². The monoisotopic (exact) mass is 1110 g/mol. The van der Waals surface area contributed by atoms with Gasteiger partial charge in [0, 0.05) is 52.7 Å². The van der Waals surface area contributed by atoms with Gasteiger partial charge in [-0.15, -0.1) is 0 Å². The van der Waals surface area contributed by atoms with Crippen LogP contribution in [0, 0.1) is 0 Å². The minimum atomic E-state index is -0.229. The lowest BCUT2D eigenvalue weighted by Crippen LogP contribution is -2.25. The number of benzene rings is 3. The van der Waals surface area contributed by atoms with Gasteiger partial charge in [-0.05, 0) is 86.3 Å². The van der Waals surface area contributed by atoms with Gasteiger partial charge in [-0.2, -0.15) is 0 Å². The fourth-order valence-corrected chi connectivity index (χ4v) is 6.54. The predicted octanol–water partition coefficient (Wildman–Crippen LogP) is 5.10. The van der Waals surface area contributed by atoms with Gasteiger partial charge in [0.15, 0.2) is 23.0 Å². The molecule has 0 radical (unpaired) electrons. The maximum Gasteiger partial charge on any atom is 0.251 e. The molecule has 22 heteroatoms. The van der Waals surface area contributed by atoms with Crippen molar-refractivity contribution in [3.05, 3.63) is 71.8 Å². The van der Waals surface area contributed by atoms with Crippen LogP contribution >= 0.6 is 0 Å². The molecular weight excluding hydrogens is 1020 g/mol. The quantitative estimate of drug-likeness (QED) is 0.0702. The van der Waals surface area contributed by atoms with Crippen molar-refractivity contribution in [3.63, 3.8) is 0 Å². The van der Waals surface area contributed by atoms with E-state index in [0.29, 0.717) is 217 Å². The average molecular weight is 1110 g/mol. The molecule has 2 N–H and O–H groups in total. The highest BCUT2D eigenvalue weighted by Gasteiger charge is 2.14. The van der Waals surface area contributed by atoms with Crippen LogP contribution in [0.15, 0.2) is 60.7 Å². The van der Waals surface area contributed by atoms with E-state index in [2.05, 4.69) is 10.6 Å². The van der Waals surface area contributed by atoms with Crippen molar-refractivity contribution in [2.24, 2.45) is 0 Å². The Morgan fingerprint density at radius 3 is 0.859 bits per heavy atom. The molecule has 22 nitrogen and oxygen atoms in total. The van der Waals surface area contributed by atoms with Gasteiger partial charge in [-0.1, -0.05) is 0 Å². The van der Waals surface area contributed by atoms with Gasteiger partial charge >= 0.3 is 0 Å². The van der Waals surface area contributed by atoms with Crippen molar-refractivity contribution in [1.82, 2.24) is 10.6 Å². The molecule has 0 fully saturated rings. The van der Waals surface area contributed by atoms with Crippen LogP contribution < -0.4 is 39.1 Å². The molecule has 0 saturated carbocycles. The van der Waals surface area contributed by atoms with Crippen molar-refractivity contribution < 1.29 is 94.9 Å². The Morgan fingerprint density at radius 2 is 0.564 bits per heavy atom. The van der Waals surface area contributed by atoms with Crippen LogP contribution in [0.25, 0.3) is 0 Å². The molecule has 0 spiro atoms. The number of unbranched alkanes of at least 4 members (excludes halogenated alkanes) is 2. The molecule has 0 saturated heterocycles. The molecule has 3 aromatic rings. The molecule has 3 aromatic carbocycles. The molecule has 0 aliphatic rings. The first-order chi connectivity index (χ1) is 38.5. The summed E-state index contributed by atoms with van der Waals surface area (Å²) in [5.74, 6) is 2.80. The molecule has 442 valence electrons. The number of rotatable bonds is 54. The fraction of sp³-hybridized carbons (Fsp3) is 0.643. The highest BCUT2D eigenvalue weighted by Crippen LogP contribution is 2.30. The van der Waals surface area contributed by atoms with Crippen molar-refractivity contribution in [1.29, 1.82) is 0 Å². The third-order valence-electron chi connectivity index (χ3n) is 10.6. The van der Waals surface area contributed by atoms with E-state index in [1.807, 2.05) is 24.3 Å². The van der Waals surface area contributed by atoms with Gasteiger partial charge in [-0.25, -0.2) is 0 Å². The predicted molar refractivity (Wildman–Crippen MR) is 289 cm³/mol. The van der Waals surface area contributed by atoms with E-state index in [1.165, 1.54) is 0 Å². The zero-order valence-corrected chi connectivity index (χ0v) is 46.6. The van der Waals surface area contributed by atoms with Gasteiger partial charge in [0.1, 0.15) is 37.9 Å². The van der Waals surface area contributed by atoms with E-state index in [1.54, 1.807) is 64.8 Å². The first-order valence-corrected chi connectivity index (χ1v) is 26.8. The largest absolute Gasteiger partial charge is 0.494 e. The number of ether oxygens (including phenoxy) is 18. The summed E-state index contributed by atoms with van der Waals surface area (Å²) in [6.07, 6.45) is 2.89. The lowest BCUT2D eigenvalue weighted by atomic mass is 10.2. The van der Waals surface area contributed by atoms with E-state index < -0.39 is 0 Å². The van der Waals surface area contributed by atoms with Crippen LogP contribution in [0.2, 0.25) is 0 Å². The first-order valence-electron chi connectivity index (χ1n) is 26.8. The Balaban J connectivity index is 1.33. The van der Waals surface area contributed by atoms with Gasteiger partial charge < -0.3 is 95.9 Å². The number of carbonyl (C=O) groups excluding carboxylic acids is 2. The molecule has 0 aromatic heterocycles. The summed E-state index contributed by atoms with van der Waals surface area (Å²) in [5, 5.41) is 5.96. The number of amides is 2. The number of methoxy groups -OCH3 is 4. The molecule has 78 heavy (non-hydrogen) atoms. The second kappa shape index (κ2) is 47.9. The number of carbonyl (C=O) groups is 2. The minimum absolute atomic E-state index is 0.229. The molecule has 3 rings (SSSR count). The first kappa shape index (κ1) is 67.2. The highest BCUT2D eigenvalue weighted by atomic mass is 16.6. The average Bonchev–Trinajstić information content (AvgIpc) is 3.45. The Morgan fingerprint density at radius 1 is 0.295 bits per heavy atom. The van der Waals surface area contributed by atoms with E-state index in [4.69, 9.17) is 85.3 Å². The Kier molecular flexibility index (Phi) is 41.2. The van der Waals surface area contributed by atoms with Crippen molar-refractivity contribution in [2.75, 3.05) is 213 Å². The van der Waals surface area contributed by atoms with Crippen LogP contribution in [-0.4, -0.2) is 225 Å². The third kappa shape index (κ3) is 34.0. The summed E-state index contributed by atoms with van der Waals surface area (Å²) in [7, 11) is 6.50. The highest BCUT2D eigenvalue weighted by molar-refractivity contribution is 5.95. The molecule has 0 unspecified atom stereocenters. The normalized spacial score (nSPS) is 11.1. The Hall–Kier alpha value is -5.08. The number of hydrogen-bond acceptors (Lipinski definition) is 20. The number of hydrogen-bond donors (Lipinski definition) is 2. The van der Waals surface area contributed by atoms with Gasteiger partial charge in [-0.3, -0.25) is 9.59 Å². The minimum Gasteiger partial charge on any atom is -0.494 e. The summed E-state index contributed by atoms with van der Waals surface area (Å²) in [6, 6.07) is 17.6. The second-order valence-electron chi connectivity index (χ2n) is 16.7. The molecular formula is C56H88N2O20. The van der Waals surface area contributed by atoms with Crippen molar-refractivity contribution in [2.45, 2.75) is 25.7 Å². The van der Waals surface area contributed by atoms with E-state index in [0.717, 1.165) is 12.8 Å². The lowest BCUT2D eigenvalue weighted by molar-refractivity contribution is 0.0159. The fourth-order valence-electron chi connectivity index (χ4n) is 6.54. The molecule has 0 aliphatic carbocycles. The topological polar surface area (TPSA) is 224 Å². The SMILES string of the molecule is COCCOCCOCCOc1ccc(C(=O)NCCCCOc2ccc(OCCCCNC(=O)c3ccc(OCCOCCOCCOC)c(OCCOCCOCCOC)c3)cc2)cc1OCCOCCOCCOC. The Labute approximate surface area is 461 Å². The standard InChI is InChI=1S/C56H88N2O20/c1-61-21-25-65-29-33-69-37-41-75-51-15-9-47(45-53(51)77-43-39-71-35-31-67-27-23-63-3)55(59)57-17-5-7-19-73-49-11-13-50(14-12-49)74-20-8-6-18-58-56(60)48-10-16-52(76-42-38-70-34-30-66-26-22-62-2)54(46-48)78-44-40-72-36-32-68-28-24-64-4/h9-16,45-46H,5-8,17-44H2,1-4H3,(H,57,59)(H,58,60). The van der Waals surface area contributed by atoms with Crippen molar-refractivity contribution in [3.8, 4) is 34.5 Å². The maximum absolute atomic E-state index is 13.1. The third-order valence-corrected chi connectivity index (χ3v) is 10.6. The molecule has 0 heterocycles. The number of nitrogens with one attached hydrogen (secondary N) is 2. The van der Waals surface area contributed by atoms with Gasteiger partial charge in [0.2, 0.25) is 0 Å². The zero-order chi connectivity index (χ0) is 55.6. The summed E-state index contributed by atoms with van der Waals surface area (Å²) in [6.45, 7) is 12.0. The summed E-state index contributed by atoms with van der Waals surface area (Å²) in [5.41, 5.74) is 0.880. The van der Waals surface area contributed by atoms with E-state index in [-0.39, 0.29) is 38.2 Å². The Bertz CT molecular complexity index is 1780. The summed E-state index contributed by atoms with van der Waals surface area (Å²) >= 11 is 0. The van der Waals surface area contributed by atoms with Crippen LogP contribution in [0.5, 0.6) is 34.5 Å². The summed E-state index contributed by atoms with van der Waals surface area (Å²) < 4.78 is 99.8.